The molecule has 10 heteroatoms. The van der Waals surface area contributed by atoms with Crippen molar-refractivity contribution < 1.29 is 27.3 Å². The Labute approximate surface area is 186 Å². The van der Waals surface area contributed by atoms with Gasteiger partial charge in [0.05, 0.1) is 5.56 Å². The van der Waals surface area contributed by atoms with Gasteiger partial charge in [0.1, 0.15) is 12.1 Å². The van der Waals surface area contributed by atoms with Gasteiger partial charge in [-0.15, -0.1) is 0 Å². The van der Waals surface area contributed by atoms with E-state index >= 15 is 0 Å². The van der Waals surface area contributed by atoms with Crippen LogP contribution < -0.4 is 5.32 Å². The molecule has 1 saturated heterocycles. The second-order valence-corrected chi connectivity index (χ2v) is 8.18. The molecular formula is C23H19F3N4O3. The van der Waals surface area contributed by atoms with Crippen molar-refractivity contribution in [1.82, 2.24) is 20.4 Å². The number of halogens is 3. The Bertz CT molecular complexity index is 1220. The van der Waals surface area contributed by atoms with Gasteiger partial charge in [0.15, 0.2) is 0 Å². The zero-order chi connectivity index (χ0) is 23.2. The number of hydrogen-bond acceptors (Lipinski definition) is 5. The molecule has 1 atom stereocenters. The summed E-state index contributed by atoms with van der Waals surface area (Å²) in [6.07, 6.45) is -1.42. The zero-order valence-electron chi connectivity index (χ0n) is 17.4. The number of hydrogen-bond donors (Lipinski definition) is 1. The predicted octanol–water partition coefficient (Wildman–Crippen LogP) is 4.43. The van der Waals surface area contributed by atoms with E-state index in [9.17, 15) is 22.8 Å². The van der Waals surface area contributed by atoms with Gasteiger partial charge in [-0.1, -0.05) is 41.6 Å². The summed E-state index contributed by atoms with van der Waals surface area (Å²) in [5.74, 6) is -0.302. The molecule has 1 aliphatic carbocycles. The molecule has 2 aliphatic rings. The molecule has 3 amide bonds. The molecule has 1 unspecified atom stereocenters. The van der Waals surface area contributed by atoms with Crippen molar-refractivity contribution in [2.45, 2.75) is 43.9 Å². The first-order chi connectivity index (χ1) is 15.8. The molecule has 170 valence electrons. The fourth-order valence-electron chi connectivity index (χ4n) is 4.50. The molecule has 1 aliphatic heterocycles. The Hall–Kier alpha value is -3.69. The largest absolute Gasteiger partial charge is 0.416 e. The predicted molar refractivity (Wildman–Crippen MR) is 109 cm³/mol. The van der Waals surface area contributed by atoms with Gasteiger partial charge < -0.3 is 9.84 Å². The molecule has 2 heterocycles. The fraction of sp³-hybridized carbons (Fsp3) is 0.304. The van der Waals surface area contributed by atoms with E-state index < -0.39 is 23.3 Å². The van der Waals surface area contributed by atoms with Gasteiger partial charge in [-0.3, -0.25) is 9.69 Å². The Morgan fingerprint density at radius 3 is 2.58 bits per heavy atom. The summed E-state index contributed by atoms with van der Waals surface area (Å²) in [4.78, 5) is 31.5. The number of carbonyl (C=O) groups excluding carboxylic acids is 2. The fourth-order valence-corrected chi connectivity index (χ4v) is 4.50. The van der Waals surface area contributed by atoms with E-state index in [2.05, 4.69) is 15.5 Å². The van der Waals surface area contributed by atoms with Crippen LogP contribution in [0.15, 0.2) is 53.1 Å². The van der Waals surface area contributed by atoms with E-state index in [1.165, 1.54) is 12.1 Å². The van der Waals surface area contributed by atoms with Gasteiger partial charge in [0.2, 0.25) is 11.7 Å². The summed E-state index contributed by atoms with van der Waals surface area (Å²) in [6, 6.07) is 11.4. The lowest BCUT2D eigenvalue weighted by atomic mass is 9.84. The highest BCUT2D eigenvalue weighted by atomic mass is 19.4. The molecule has 1 N–H and O–H groups in total. The Balaban J connectivity index is 1.39. The number of nitrogens with zero attached hydrogens (tertiary/aromatic N) is 3. The standard InChI is InChI=1S/C23H19F3N4O3/c24-23(25,26)16-10-8-15(9-11-16)19-27-18(33-29-19)13-30-20(31)22(28-21(30)32)12-4-3-6-14-5-1-2-7-17(14)22/h1-2,5,7-11H,3-4,6,12-13H2,(H,28,32). The van der Waals surface area contributed by atoms with Crippen LogP contribution in [0, 0.1) is 0 Å². The lowest BCUT2D eigenvalue weighted by molar-refractivity contribution is -0.137. The molecule has 5 rings (SSSR count). The van der Waals surface area contributed by atoms with Gasteiger partial charge in [-0.25, -0.2) is 4.79 Å². The van der Waals surface area contributed by atoms with Gasteiger partial charge in [0.25, 0.3) is 5.91 Å². The molecule has 3 aromatic rings. The van der Waals surface area contributed by atoms with E-state index in [4.69, 9.17) is 4.52 Å². The van der Waals surface area contributed by atoms with Gasteiger partial charge >= 0.3 is 12.2 Å². The second-order valence-electron chi connectivity index (χ2n) is 8.18. The molecule has 1 aromatic heterocycles. The molecule has 1 spiro atoms. The number of nitrogens with one attached hydrogen (secondary N) is 1. The Kier molecular flexibility index (Phi) is 4.95. The molecule has 0 bridgehead atoms. The monoisotopic (exact) mass is 456 g/mol. The maximum Gasteiger partial charge on any atom is 0.416 e. The van der Waals surface area contributed by atoms with Crippen molar-refractivity contribution >= 4 is 11.9 Å². The van der Waals surface area contributed by atoms with Crippen LogP contribution in [0.25, 0.3) is 11.4 Å². The number of imide groups is 1. The third kappa shape index (κ3) is 3.65. The van der Waals surface area contributed by atoms with Crippen molar-refractivity contribution in [3.63, 3.8) is 0 Å². The van der Waals surface area contributed by atoms with Crippen LogP contribution in [0.3, 0.4) is 0 Å². The highest BCUT2D eigenvalue weighted by molar-refractivity contribution is 6.07. The number of alkyl halides is 3. The molecule has 0 radical (unpaired) electrons. The number of aryl methyl sites for hydroxylation is 1. The summed E-state index contributed by atoms with van der Waals surface area (Å²) in [7, 11) is 0. The van der Waals surface area contributed by atoms with Crippen LogP contribution >= 0.6 is 0 Å². The highest BCUT2D eigenvalue weighted by Crippen LogP contribution is 2.39. The van der Waals surface area contributed by atoms with Crippen molar-refractivity contribution in [3.8, 4) is 11.4 Å². The normalized spacial score (nSPS) is 20.6. The number of urea groups is 1. The smallest absolute Gasteiger partial charge is 0.337 e. The summed E-state index contributed by atoms with van der Waals surface area (Å²) < 4.78 is 43.5. The molecule has 1 fully saturated rings. The van der Waals surface area contributed by atoms with E-state index in [1.807, 2.05) is 24.3 Å². The summed E-state index contributed by atoms with van der Waals surface area (Å²) in [5, 5.41) is 6.67. The SMILES string of the molecule is O=C1NC2(CCCCc3ccccc32)C(=O)N1Cc1nc(-c2ccc(C(F)(F)F)cc2)no1. The second kappa shape index (κ2) is 7.72. The van der Waals surface area contributed by atoms with Crippen LogP contribution in [0.4, 0.5) is 18.0 Å². The summed E-state index contributed by atoms with van der Waals surface area (Å²) >= 11 is 0. The average Bonchev–Trinajstić information content (AvgIpc) is 3.29. The van der Waals surface area contributed by atoms with Crippen molar-refractivity contribution in [2.24, 2.45) is 0 Å². The van der Waals surface area contributed by atoms with E-state index in [0.29, 0.717) is 12.0 Å². The van der Waals surface area contributed by atoms with Crippen LogP contribution in [-0.2, 0) is 29.5 Å². The maximum absolute atomic E-state index is 13.5. The van der Waals surface area contributed by atoms with Crippen LogP contribution in [-0.4, -0.2) is 27.0 Å². The third-order valence-electron chi connectivity index (χ3n) is 6.13. The maximum atomic E-state index is 13.5. The highest BCUT2D eigenvalue weighted by Gasteiger charge is 2.53. The Morgan fingerprint density at radius 2 is 1.82 bits per heavy atom. The third-order valence-corrected chi connectivity index (χ3v) is 6.13. The minimum Gasteiger partial charge on any atom is -0.337 e. The van der Waals surface area contributed by atoms with Crippen molar-refractivity contribution in [1.29, 1.82) is 0 Å². The quantitative estimate of drug-likeness (QED) is 0.589. The number of rotatable bonds is 3. The molecule has 7 nitrogen and oxygen atoms in total. The number of carbonyl (C=O) groups is 2. The van der Waals surface area contributed by atoms with E-state index in [1.54, 1.807) is 0 Å². The first-order valence-corrected chi connectivity index (χ1v) is 10.5. The minimum absolute atomic E-state index is 0.00681. The summed E-state index contributed by atoms with van der Waals surface area (Å²) in [6.45, 7) is -0.234. The number of aromatic nitrogens is 2. The minimum atomic E-state index is -4.45. The lowest BCUT2D eigenvalue weighted by Crippen LogP contribution is -2.44. The molecular weight excluding hydrogens is 437 g/mol. The molecule has 0 saturated carbocycles. The van der Waals surface area contributed by atoms with Gasteiger partial charge in [-0.05, 0) is 48.9 Å². The number of amides is 3. The van der Waals surface area contributed by atoms with E-state index in [0.717, 1.165) is 47.4 Å². The Morgan fingerprint density at radius 1 is 1.06 bits per heavy atom. The first kappa shape index (κ1) is 21.2. The topological polar surface area (TPSA) is 88.3 Å². The summed E-state index contributed by atoms with van der Waals surface area (Å²) in [5.41, 5.74) is 0.250. The van der Waals surface area contributed by atoms with Crippen LogP contribution in [0.1, 0.15) is 41.8 Å². The van der Waals surface area contributed by atoms with Crippen molar-refractivity contribution in [3.05, 3.63) is 71.1 Å². The van der Waals surface area contributed by atoms with Crippen LogP contribution in [0.5, 0.6) is 0 Å². The first-order valence-electron chi connectivity index (χ1n) is 10.5. The lowest BCUT2D eigenvalue weighted by Gasteiger charge is -2.27. The average molecular weight is 456 g/mol. The zero-order valence-corrected chi connectivity index (χ0v) is 17.4. The molecule has 2 aromatic carbocycles. The van der Waals surface area contributed by atoms with Gasteiger partial charge in [0, 0.05) is 5.56 Å². The molecule has 33 heavy (non-hydrogen) atoms. The number of fused-ring (bicyclic) bond motifs is 2. The van der Waals surface area contributed by atoms with Crippen molar-refractivity contribution in [2.75, 3.05) is 0 Å². The number of benzene rings is 2. The van der Waals surface area contributed by atoms with Crippen LogP contribution in [0.2, 0.25) is 0 Å². The van der Waals surface area contributed by atoms with E-state index in [-0.39, 0.29) is 24.2 Å². The van der Waals surface area contributed by atoms with Gasteiger partial charge in [-0.2, -0.15) is 18.2 Å².